The number of halogens is 1. The lowest BCUT2D eigenvalue weighted by Gasteiger charge is -2.23. The molecule has 4 heteroatoms. The highest BCUT2D eigenvalue weighted by molar-refractivity contribution is 6.30. The Bertz CT molecular complexity index is 588. The van der Waals surface area contributed by atoms with Crippen molar-refractivity contribution in [1.29, 1.82) is 0 Å². The Hall–Kier alpha value is -2.00. The highest BCUT2D eigenvalue weighted by atomic mass is 35.5. The molecule has 2 aromatic rings. The number of hydrogen-bond donors (Lipinski definition) is 1. The molecule has 0 unspecified atom stereocenters. The van der Waals surface area contributed by atoms with E-state index in [1.165, 1.54) is 4.90 Å². The van der Waals surface area contributed by atoms with E-state index >= 15 is 0 Å². The molecule has 0 aliphatic heterocycles. The van der Waals surface area contributed by atoms with Crippen LogP contribution in [0.25, 0.3) is 0 Å². The zero-order valence-corrected chi connectivity index (χ0v) is 11.5. The normalized spacial score (nSPS) is 10.3. The minimum atomic E-state index is -1.01. The van der Waals surface area contributed by atoms with Crippen molar-refractivity contribution >= 4 is 29.1 Å². The summed E-state index contributed by atoms with van der Waals surface area (Å²) in [5.41, 5.74) is 2.93. The van der Waals surface area contributed by atoms with Gasteiger partial charge in [0.15, 0.2) is 0 Å². The highest BCUT2D eigenvalue weighted by Gasteiger charge is 2.20. The largest absolute Gasteiger partial charge is 0.464 e. The molecule has 0 radical (unpaired) electrons. The topological polar surface area (TPSA) is 40.5 Å². The van der Waals surface area contributed by atoms with Crippen molar-refractivity contribution in [2.24, 2.45) is 0 Å². The van der Waals surface area contributed by atoms with Crippen LogP contribution >= 0.6 is 11.6 Å². The highest BCUT2D eigenvalue weighted by Crippen LogP contribution is 2.33. The lowest BCUT2D eigenvalue weighted by molar-refractivity contribution is 0.204. The van der Waals surface area contributed by atoms with Crippen LogP contribution in [0.5, 0.6) is 0 Å². The van der Waals surface area contributed by atoms with Gasteiger partial charge in [-0.2, -0.15) is 0 Å². The van der Waals surface area contributed by atoms with E-state index in [0.717, 1.165) is 11.1 Å². The number of hydrogen-bond acceptors (Lipinski definition) is 1. The monoisotopic (exact) mass is 275 g/mol. The second-order valence-corrected chi connectivity index (χ2v) is 4.78. The van der Waals surface area contributed by atoms with Gasteiger partial charge >= 0.3 is 6.09 Å². The first-order valence-electron chi connectivity index (χ1n) is 5.85. The molecule has 2 aromatic carbocycles. The Morgan fingerprint density at radius 3 is 2.11 bits per heavy atom. The third-order valence-corrected chi connectivity index (χ3v) is 3.10. The van der Waals surface area contributed by atoms with Gasteiger partial charge in [0, 0.05) is 5.02 Å². The van der Waals surface area contributed by atoms with Gasteiger partial charge in [-0.15, -0.1) is 0 Å². The van der Waals surface area contributed by atoms with Crippen molar-refractivity contribution in [1.82, 2.24) is 0 Å². The van der Waals surface area contributed by atoms with E-state index in [0.29, 0.717) is 16.4 Å². The lowest BCUT2D eigenvalue weighted by atomic mass is 10.1. The fraction of sp³-hybridized carbons (Fsp3) is 0.133. The quantitative estimate of drug-likeness (QED) is 0.857. The molecule has 19 heavy (non-hydrogen) atoms. The summed E-state index contributed by atoms with van der Waals surface area (Å²) in [6, 6.07) is 12.5. The molecule has 3 nitrogen and oxygen atoms in total. The smallest absolute Gasteiger partial charge is 0.416 e. The summed E-state index contributed by atoms with van der Waals surface area (Å²) in [6.45, 7) is 3.71. The molecular formula is C15H14ClNO2. The molecule has 2 rings (SSSR count). The molecule has 0 aliphatic carbocycles. The molecular weight excluding hydrogens is 262 g/mol. The molecule has 1 N–H and O–H groups in total. The van der Waals surface area contributed by atoms with E-state index in [9.17, 15) is 9.90 Å². The fourth-order valence-corrected chi connectivity index (χ4v) is 2.50. The molecule has 0 spiro atoms. The van der Waals surface area contributed by atoms with Crippen molar-refractivity contribution in [3.05, 3.63) is 58.6 Å². The van der Waals surface area contributed by atoms with Gasteiger partial charge in [0.2, 0.25) is 0 Å². The zero-order chi connectivity index (χ0) is 14.0. The predicted octanol–water partition coefficient (Wildman–Crippen LogP) is 4.77. The Labute approximate surface area is 117 Å². The summed E-state index contributed by atoms with van der Waals surface area (Å²) >= 11 is 5.99. The Morgan fingerprint density at radius 1 is 1.11 bits per heavy atom. The third-order valence-electron chi connectivity index (χ3n) is 2.89. The number of nitrogens with zero attached hydrogens (tertiary/aromatic N) is 1. The molecule has 0 bridgehead atoms. The van der Waals surface area contributed by atoms with E-state index in [1.54, 1.807) is 24.3 Å². The van der Waals surface area contributed by atoms with Gasteiger partial charge in [-0.1, -0.05) is 29.8 Å². The van der Waals surface area contributed by atoms with Crippen LogP contribution < -0.4 is 4.90 Å². The van der Waals surface area contributed by atoms with Crippen LogP contribution in [0.1, 0.15) is 11.1 Å². The minimum absolute atomic E-state index is 0.608. The van der Waals surface area contributed by atoms with Gasteiger partial charge in [0.25, 0.3) is 0 Å². The fourth-order valence-electron chi connectivity index (χ4n) is 2.17. The maximum absolute atomic E-state index is 11.6. The van der Waals surface area contributed by atoms with E-state index in [2.05, 4.69) is 0 Å². The average Bonchev–Trinajstić information content (AvgIpc) is 2.34. The molecule has 1 amide bonds. The van der Waals surface area contributed by atoms with Crippen molar-refractivity contribution in [2.75, 3.05) is 4.90 Å². The Kier molecular flexibility index (Phi) is 3.76. The minimum Gasteiger partial charge on any atom is -0.464 e. The predicted molar refractivity (Wildman–Crippen MR) is 77.5 cm³/mol. The summed E-state index contributed by atoms with van der Waals surface area (Å²) in [6.07, 6.45) is -1.01. The lowest BCUT2D eigenvalue weighted by Crippen LogP contribution is -2.25. The summed E-state index contributed by atoms with van der Waals surface area (Å²) < 4.78 is 0. The van der Waals surface area contributed by atoms with Crippen LogP contribution in [0.3, 0.4) is 0 Å². The Morgan fingerprint density at radius 2 is 1.63 bits per heavy atom. The molecule has 0 atom stereocenters. The number of rotatable bonds is 2. The summed E-state index contributed by atoms with van der Waals surface area (Å²) in [5, 5.41) is 10.1. The SMILES string of the molecule is Cc1cc(Cl)cc(C)c1N(C(=O)O)c1ccccc1. The van der Waals surface area contributed by atoms with Crippen LogP contribution in [0.15, 0.2) is 42.5 Å². The van der Waals surface area contributed by atoms with Crippen molar-refractivity contribution in [3.8, 4) is 0 Å². The number of aryl methyl sites for hydroxylation is 2. The van der Waals surface area contributed by atoms with Gasteiger partial charge in [-0.05, 0) is 49.2 Å². The third kappa shape index (κ3) is 2.71. The number of para-hydroxylation sites is 1. The number of carbonyl (C=O) groups is 1. The van der Waals surface area contributed by atoms with Gasteiger partial charge in [0.1, 0.15) is 0 Å². The standard InChI is InChI=1S/C15H14ClNO2/c1-10-8-12(16)9-11(2)14(10)17(15(18)19)13-6-4-3-5-7-13/h3-9H,1-2H3,(H,18,19). The molecule has 0 saturated carbocycles. The zero-order valence-electron chi connectivity index (χ0n) is 10.7. The molecule has 0 heterocycles. The van der Waals surface area contributed by atoms with Crippen molar-refractivity contribution in [3.63, 3.8) is 0 Å². The number of carboxylic acid groups (broad SMARTS) is 1. The second kappa shape index (κ2) is 5.33. The first-order valence-corrected chi connectivity index (χ1v) is 6.23. The molecule has 0 aromatic heterocycles. The van der Waals surface area contributed by atoms with Crippen molar-refractivity contribution in [2.45, 2.75) is 13.8 Å². The molecule has 0 aliphatic rings. The van der Waals surface area contributed by atoms with Crippen LogP contribution in [-0.4, -0.2) is 11.2 Å². The summed E-state index contributed by atoms with van der Waals surface area (Å²) in [5.74, 6) is 0. The van der Waals surface area contributed by atoms with Crippen molar-refractivity contribution < 1.29 is 9.90 Å². The number of benzene rings is 2. The van der Waals surface area contributed by atoms with Gasteiger partial charge in [0.05, 0.1) is 11.4 Å². The summed E-state index contributed by atoms with van der Waals surface area (Å²) in [7, 11) is 0. The second-order valence-electron chi connectivity index (χ2n) is 4.34. The molecule has 0 fully saturated rings. The van der Waals surface area contributed by atoms with Crippen LogP contribution in [0.4, 0.5) is 16.2 Å². The van der Waals surface area contributed by atoms with E-state index in [4.69, 9.17) is 11.6 Å². The van der Waals surface area contributed by atoms with E-state index in [-0.39, 0.29) is 0 Å². The number of amides is 1. The van der Waals surface area contributed by atoms with Gasteiger partial charge < -0.3 is 5.11 Å². The maximum Gasteiger partial charge on any atom is 0.416 e. The van der Waals surface area contributed by atoms with Gasteiger partial charge in [-0.3, -0.25) is 0 Å². The maximum atomic E-state index is 11.6. The van der Waals surface area contributed by atoms with Crippen LogP contribution in [0, 0.1) is 13.8 Å². The first-order chi connectivity index (χ1) is 9.00. The average molecular weight is 276 g/mol. The van der Waals surface area contributed by atoms with Crippen LogP contribution in [-0.2, 0) is 0 Å². The Balaban J connectivity index is 2.62. The van der Waals surface area contributed by atoms with E-state index < -0.39 is 6.09 Å². The van der Waals surface area contributed by atoms with E-state index in [1.807, 2.05) is 32.0 Å². The molecule has 98 valence electrons. The number of anilines is 2. The van der Waals surface area contributed by atoms with Gasteiger partial charge in [-0.25, -0.2) is 9.69 Å². The summed E-state index contributed by atoms with van der Waals surface area (Å²) in [4.78, 5) is 12.9. The first kappa shape index (κ1) is 13.4. The van der Waals surface area contributed by atoms with Crippen LogP contribution in [0.2, 0.25) is 5.02 Å². The molecule has 0 saturated heterocycles.